The number of aliphatic imine (C=N–C) groups is 1. The van der Waals surface area contributed by atoms with Crippen LogP contribution in [0.4, 0.5) is 4.79 Å². The number of nitrogens with two attached hydrogens (primary N) is 1. The van der Waals surface area contributed by atoms with E-state index in [1.54, 1.807) is 4.90 Å². The lowest BCUT2D eigenvalue weighted by Gasteiger charge is -2.32. The molecule has 2 unspecified atom stereocenters. The van der Waals surface area contributed by atoms with Gasteiger partial charge in [0.15, 0.2) is 5.96 Å². The van der Waals surface area contributed by atoms with Crippen LogP contribution in [0.2, 0.25) is 0 Å². The first-order valence-electron chi connectivity index (χ1n) is 9.93. The molecule has 7 nitrogen and oxygen atoms in total. The first kappa shape index (κ1) is 22.7. The van der Waals surface area contributed by atoms with Gasteiger partial charge in [-0.05, 0) is 31.7 Å². The Bertz CT molecular complexity index is 635. The van der Waals surface area contributed by atoms with E-state index in [0.717, 1.165) is 44.9 Å². The fourth-order valence-corrected chi connectivity index (χ4v) is 3.80. The van der Waals surface area contributed by atoms with Crippen molar-refractivity contribution in [1.29, 1.82) is 0 Å². The largest absolute Gasteiger partial charge is 0.373 e. The van der Waals surface area contributed by atoms with E-state index >= 15 is 0 Å². The Hall–Kier alpha value is -1.55. The fraction of sp³-hybridized carbons (Fsp3) is 0.600. The van der Waals surface area contributed by atoms with Gasteiger partial charge in [0.05, 0.1) is 6.10 Å². The molecule has 2 aliphatic rings. The maximum atomic E-state index is 11.3. The Morgan fingerprint density at radius 2 is 1.96 bits per heavy atom. The number of nitrogens with one attached hydrogen (secondary N) is 2. The molecule has 4 N–H and O–H groups in total. The van der Waals surface area contributed by atoms with E-state index in [1.807, 2.05) is 6.07 Å². The van der Waals surface area contributed by atoms with Crippen LogP contribution in [-0.2, 0) is 4.74 Å². The molecule has 0 radical (unpaired) electrons. The van der Waals surface area contributed by atoms with E-state index in [2.05, 4.69) is 41.8 Å². The second-order valence-electron chi connectivity index (χ2n) is 7.21. The summed E-state index contributed by atoms with van der Waals surface area (Å²) in [5, 5.41) is 6.85. The van der Waals surface area contributed by atoms with Crippen molar-refractivity contribution >= 4 is 36.0 Å². The van der Waals surface area contributed by atoms with Crippen LogP contribution >= 0.6 is 24.0 Å². The summed E-state index contributed by atoms with van der Waals surface area (Å²) < 4.78 is 5.97. The first-order chi connectivity index (χ1) is 13.2. The topological polar surface area (TPSA) is 92.0 Å². The Kier molecular flexibility index (Phi) is 9.30. The number of likely N-dealkylation sites (tertiary alicyclic amines) is 1. The predicted octanol–water partition coefficient (Wildman–Crippen LogP) is 2.48. The van der Waals surface area contributed by atoms with Crippen molar-refractivity contribution in [2.45, 2.75) is 38.3 Å². The average Bonchev–Trinajstić information content (AvgIpc) is 3.16. The number of hydrogen-bond acceptors (Lipinski definition) is 3. The van der Waals surface area contributed by atoms with Gasteiger partial charge < -0.3 is 26.0 Å². The van der Waals surface area contributed by atoms with Gasteiger partial charge in [-0.2, -0.15) is 0 Å². The van der Waals surface area contributed by atoms with E-state index < -0.39 is 0 Å². The molecule has 0 aliphatic carbocycles. The molecule has 0 spiro atoms. The van der Waals surface area contributed by atoms with Gasteiger partial charge in [-0.1, -0.05) is 30.3 Å². The number of carbonyl (C=O) groups is 1. The standard InChI is InChI=1S/C20H31N5O2.HI/c1-2-22-20(24-17-8-11-25(12-9-17)19(21)26)23-14-16-10-13-27-18(16)15-6-4-3-5-7-15;/h3-7,16-18H,2,8-14H2,1H3,(H2,21,26)(H2,22,23,24);1H. The van der Waals surface area contributed by atoms with Gasteiger partial charge >= 0.3 is 6.03 Å². The molecular formula is C20H32IN5O2. The van der Waals surface area contributed by atoms with Crippen LogP contribution in [0.15, 0.2) is 35.3 Å². The number of urea groups is 1. The summed E-state index contributed by atoms with van der Waals surface area (Å²) in [7, 11) is 0. The Labute approximate surface area is 184 Å². The zero-order valence-corrected chi connectivity index (χ0v) is 18.8. The Balaban J connectivity index is 0.00000280. The number of piperidine rings is 1. The lowest BCUT2D eigenvalue weighted by Crippen LogP contribution is -2.50. The molecule has 0 saturated carbocycles. The van der Waals surface area contributed by atoms with Gasteiger partial charge in [0, 0.05) is 44.7 Å². The summed E-state index contributed by atoms with van der Waals surface area (Å²) in [6, 6.07) is 10.4. The molecule has 3 rings (SSSR count). The molecule has 2 fully saturated rings. The van der Waals surface area contributed by atoms with Gasteiger partial charge in [-0.25, -0.2) is 4.79 Å². The van der Waals surface area contributed by atoms with Crippen LogP contribution in [0.1, 0.15) is 37.9 Å². The summed E-state index contributed by atoms with van der Waals surface area (Å²) in [5.41, 5.74) is 6.59. The second kappa shape index (κ2) is 11.5. The minimum atomic E-state index is -0.331. The highest BCUT2D eigenvalue weighted by molar-refractivity contribution is 14.0. The Morgan fingerprint density at radius 3 is 2.61 bits per heavy atom. The highest BCUT2D eigenvalue weighted by Crippen LogP contribution is 2.34. The van der Waals surface area contributed by atoms with Crippen LogP contribution in [0.5, 0.6) is 0 Å². The predicted molar refractivity (Wildman–Crippen MR) is 122 cm³/mol. The van der Waals surface area contributed by atoms with E-state index in [9.17, 15) is 4.79 Å². The van der Waals surface area contributed by atoms with Crippen molar-refractivity contribution in [3.8, 4) is 0 Å². The second-order valence-corrected chi connectivity index (χ2v) is 7.21. The number of ether oxygens (including phenoxy) is 1. The third kappa shape index (κ3) is 6.23. The third-order valence-electron chi connectivity index (χ3n) is 5.32. The number of nitrogens with zero attached hydrogens (tertiary/aromatic N) is 2. The van der Waals surface area contributed by atoms with Crippen molar-refractivity contribution in [2.24, 2.45) is 16.6 Å². The summed E-state index contributed by atoms with van der Waals surface area (Å²) in [5.74, 6) is 1.23. The van der Waals surface area contributed by atoms with Crippen LogP contribution in [-0.4, -0.2) is 55.7 Å². The van der Waals surface area contributed by atoms with E-state index in [1.165, 1.54) is 5.56 Å². The number of hydrogen-bond donors (Lipinski definition) is 3. The van der Waals surface area contributed by atoms with Gasteiger partial charge in [0.1, 0.15) is 0 Å². The summed E-state index contributed by atoms with van der Waals surface area (Å²) in [4.78, 5) is 17.8. The van der Waals surface area contributed by atoms with Crippen LogP contribution in [0.3, 0.4) is 0 Å². The van der Waals surface area contributed by atoms with Crippen LogP contribution < -0.4 is 16.4 Å². The molecule has 2 heterocycles. The quantitative estimate of drug-likeness (QED) is 0.329. The van der Waals surface area contributed by atoms with Crippen LogP contribution in [0.25, 0.3) is 0 Å². The monoisotopic (exact) mass is 501 g/mol. The van der Waals surface area contributed by atoms with Gasteiger partial charge in [-0.15, -0.1) is 24.0 Å². The minimum absolute atomic E-state index is 0. The molecule has 2 amide bonds. The minimum Gasteiger partial charge on any atom is -0.373 e. The number of halogens is 1. The number of rotatable bonds is 5. The summed E-state index contributed by atoms with van der Waals surface area (Å²) in [6.07, 6.45) is 2.91. The molecule has 2 atom stereocenters. The van der Waals surface area contributed by atoms with Crippen molar-refractivity contribution in [3.05, 3.63) is 35.9 Å². The SMILES string of the molecule is CCNC(=NCC1CCOC1c1ccccc1)NC1CCN(C(N)=O)CC1.I. The highest BCUT2D eigenvalue weighted by Gasteiger charge is 2.29. The van der Waals surface area contributed by atoms with Gasteiger partial charge in [0.2, 0.25) is 0 Å². The molecule has 156 valence electrons. The number of primary amides is 1. The third-order valence-corrected chi connectivity index (χ3v) is 5.32. The molecule has 2 aliphatic heterocycles. The zero-order valence-electron chi connectivity index (χ0n) is 16.5. The molecular weight excluding hydrogens is 469 g/mol. The fourth-order valence-electron chi connectivity index (χ4n) is 3.80. The molecule has 28 heavy (non-hydrogen) atoms. The normalized spacial score (nSPS) is 23.2. The first-order valence-corrected chi connectivity index (χ1v) is 9.93. The van der Waals surface area contributed by atoms with Crippen molar-refractivity contribution < 1.29 is 9.53 Å². The van der Waals surface area contributed by atoms with Crippen molar-refractivity contribution in [1.82, 2.24) is 15.5 Å². The smallest absolute Gasteiger partial charge is 0.314 e. The summed E-state index contributed by atoms with van der Waals surface area (Å²) >= 11 is 0. The number of carbonyl (C=O) groups excluding carboxylic acids is 1. The van der Waals surface area contributed by atoms with Crippen molar-refractivity contribution in [2.75, 3.05) is 32.8 Å². The number of amides is 2. The van der Waals surface area contributed by atoms with Gasteiger partial charge in [0.25, 0.3) is 0 Å². The van der Waals surface area contributed by atoms with Crippen molar-refractivity contribution in [3.63, 3.8) is 0 Å². The van der Waals surface area contributed by atoms with Gasteiger partial charge in [-0.3, -0.25) is 4.99 Å². The molecule has 2 saturated heterocycles. The molecule has 8 heteroatoms. The van der Waals surface area contributed by atoms with Crippen LogP contribution in [0, 0.1) is 5.92 Å². The highest BCUT2D eigenvalue weighted by atomic mass is 127. The lowest BCUT2D eigenvalue weighted by molar-refractivity contribution is 0.0925. The Morgan fingerprint density at radius 1 is 1.25 bits per heavy atom. The maximum absolute atomic E-state index is 11.3. The van der Waals surface area contributed by atoms with E-state index in [-0.39, 0.29) is 36.1 Å². The number of benzene rings is 1. The molecule has 1 aromatic carbocycles. The average molecular weight is 501 g/mol. The maximum Gasteiger partial charge on any atom is 0.314 e. The molecule has 0 bridgehead atoms. The number of guanidine groups is 1. The zero-order chi connectivity index (χ0) is 19.1. The van der Waals surface area contributed by atoms with E-state index in [0.29, 0.717) is 25.0 Å². The summed E-state index contributed by atoms with van der Waals surface area (Å²) in [6.45, 7) is 5.79. The molecule has 1 aromatic rings. The lowest BCUT2D eigenvalue weighted by atomic mass is 9.95. The molecule has 0 aromatic heterocycles. The van der Waals surface area contributed by atoms with E-state index in [4.69, 9.17) is 15.5 Å².